The van der Waals surface area contributed by atoms with Crippen LogP contribution in [0.5, 0.6) is 0 Å². The fraction of sp³-hybridized carbons (Fsp3) is 0.111. The van der Waals surface area contributed by atoms with Gasteiger partial charge in [-0.15, -0.1) is 11.3 Å². The maximum absolute atomic E-state index is 11.2. The second kappa shape index (κ2) is 3.67. The molecule has 0 atom stereocenters. The Bertz CT molecular complexity index is 495. The lowest BCUT2D eigenvalue weighted by Gasteiger charge is -1.89. The number of carbonyl (C=O) groups is 1. The molecule has 3 nitrogen and oxygen atoms in total. The van der Waals surface area contributed by atoms with Crippen LogP contribution in [0.15, 0.2) is 22.7 Å². The molecule has 0 bridgehead atoms. The standard InChI is InChI=1S/C9H6BrNO2S/c1-13-9(12)8-11-6-3-2-5(10)4-7(6)14-8/h2-4H,1H3. The molecule has 72 valence electrons. The Morgan fingerprint density at radius 3 is 3.07 bits per heavy atom. The zero-order chi connectivity index (χ0) is 10.1. The maximum atomic E-state index is 11.2. The summed E-state index contributed by atoms with van der Waals surface area (Å²) in [4.78, 5) is 15.3. The number of aromatic nitrogens is 1. The summed E-state index contributed by atoms with van der Waals surface area (Å²) in [5.41, 5.74) is 0.818. The van der Waals surface area contributed by atoms with Crippen LogP contribution in [0.25, 0.3) is 10.2 Å². The molecule has 2 rings (SSSR count). The van der Waals surface area contributed by atoms with Gasteiger partial charge in [-0.25, -0.2) is 9.78 Å². The Morgan fingerprint density at radius 1 is 1.57 bits per heavy atom. The third-order valence-electron chi connectivity index (χ3n) is 1.71. The molecule has 1 aromatic heterocycles. The van der Waals surface area contributed by atoms with Gasteiger partial charge in [0, 0.05) is 4.47 Å². The van der Waals surface area contributed by atoms with E-state index < -0.39 is 0 Å². The van der Waals surface area contributed by atoms with E-state index >= 15 is 0 Å². The number of fused-ring (bicyclic) bond motifs is 1. The number of thiazole rings is 1. The Morgan fingerprint density at radius 2 is 2.36 bits per heavy atom. The highest BCUT2D eigenvalue weighted by molar-refractivity contribution is 9.10. The van der Waals surface area contributed by atoms with Crippen molar-refractivity contribution in [2.24, 2.45) is 0 Å². The summed E-state index contributed by atoms with van der Waals surface area (Å²) in [5, 5.41) is 0.389. The molecular formula is C9H6BrNO2S. The number of methoxy groups -OCH3 is 1. The smallest absolute Gasteiger partial charge is 0.367 e. The van der Waals surface area contributed by atoms with Gasteiger partial charge in [0.15, 0.2) is 0 Å². The van der Waals surface area contributed by atoms with Crippen LogP contribution in [0, 0.1) is 0 Å². The van der Waals surface area contributed by atoms with Crippen molar-refractivity contribution >= 4 is 43.5 Å². The predicted octanol–water partition coefficient (Wildman–Crippen LogP) is 2.85. The van der Waals surface area contributed by atoms with Crippen LogP contribution in [0.1, 0.15) is 9.80 Å². The fourth-order valence-electron chi connectivity index (χ4n) is 1.07. The number of carbonyl (C=O) groups excluding carboxylic acids is 1. The molecular weight excluding hydrogens is 266 g/mol. The van der Waals surface area contributed by atoms with Crippen molar-refractivity contribution in [2.75, 3.05) is 7.11 Å². The Balaban J connectivity index is 2.56. The van der Waals surface area contributed by atoms with Gasteiger partial charge in [-0.2, -0.15) is 0 Å². The first-order valence-corrected chi connectivity index (χ1v) is 5.46. The van der Waals surface area contributed by atoms with E-state index in [2.05, 4.69) is 25.7 Å². The average molecular weight is 272 g/mol. The number of halogens is 1. The van der Waals surface area contributed by atoms with Crippen LogP contribution in [-0.4, -0.2) is 18.1 Å². The molecule has 0 spiro atoms. The first-order chi connectivity index (χ1) is 6.70. The van der Waals surface area contributed by atoms with Crippen molar-refractivity contribution in [1.29, 1.82) is 0 Å². The largest absolute Gasteiger partial charge is 0.464 e. The fourth-order valence-corrected chi connectivity index (χ4v) is 2.51. The number of hydrogen-bond donors (Lipinski definition) is 0. The van der Waals surface area contributed by atoms with Gasteiger partial charge in [0.1, 0.15) is 0 Å². The second-order valence-electron chi connectivity index (χ2n) is 2.62. The normalized spacial score (nSPS) is 10.4. The van der Waals surface area contributed by atoms with Gasteiger partial charge in [0.05, 0.1) is 17.3 Å². The van der Waals surface area contributed by atoms with Gasteiger partial charge in [0.25, 0.3) is 0 Å². The summed E-state index contributed by atoms with van der Waals surface area (Å²) in [7, 11) is 1.35. The van der Waals surface area contributed by atoms with Crippen LogP contribution >= 0.6 is 27.3 Å². The number of ether oxygens (including phenoxy) is 1. The lowest BCUT2D eigenvalue weighted by molar-refractivity contribution is 0.0600. The molecule has 1 aromatic carbocycles. The molecule has 0 unspecified atom stereocenters. The third kappa shape index (κ3) is 1.65. The van der Waals surface area contributed by atoms with E-state index in [0.29, 0.717) is 5.01 Å². The van der Waals surface area contributed by atoms with Crippen molar-refractivity contribution in [3.05, 3.63) is 27.7 Å². The lowest BCUT2D eigenvalue weighted by atomic mass is 10.3. The Hall–Kier alpha value is -0.940. The van der Waals surface area contributed by atoms with Gasteiger partial charge >= 0.3 is 5.97 Å². The number of esters is 1. The van der Waals surface area contributed by atoms with E-state index in [1.54, 1.807) is 0 Å². The lowest BCUT2D eigenvalue weighted by Crippen LogP contribution is -1.99. The topological polar surface area (TPSA) is 39.2 Å². The number of hydrogen-bond acceptors (Lipinski definition) is 4. The summed E-state index contributed by atoms with van der Waals surface area (Å²) >= 11 is 4.69. The van der Waals surface area contributed by atoms with Gasteiger partial charge in [-0.3, -0.25) is 0 Å². The summed E-state index contributed by atoms with van der Waals surface area (Å²) in [6.07, 6.45) is 0. The quantitative estimate of drug-likeness (QED) is 0.749. The van der Waals surface area contributed by atoms with Crippen molar-refractivity contribution in [1.82, 2.24) is 4.98 Å². The van der Waals surface area contributed by atoms with Crippen molar-refractivity contribution in [2.45, 2.75) is 0 Å². The first kappa shape index (κ1) is 9.61. The van der Waals surface area contributed by atoms with Crippen molar-refractivity contribution < 1.29 is 9.53 Å². The third-order valence-corrected chi connectivity index (χ3v) is 3.20. The summed E-state index contributed by atoms with van der Waals surface area (Å²) in [5.74, 6) is -0.387. The summed E-state index contributed by atoms with van der Waals surface area (Å²) < 4.78 is 6.54. The van der Waals surface area contributed by atoms with Crippen molar-refractivity contribution in [3.63, 3.8) is 0 Å². The molecule has 0 aliphatic rings. The highest BCUT2D eigenvalue weighted by atomic mass is 79.9. The van der Waals surface area contributed by atoms with E-state index in [4.69, 9.17) is 0 Å². The number of benzene rings is 1. The van der Waals surface area contributed by atoms with Crippen LogP contribution < -0.4 is 0 Å². The van der Waals surface area contributed by atoms with Crippen molar-refractivity contribution in [3.8, 4) is 0 Å². The highest BCUT2D eigenvalue weighted by Crippen LogP contribution is 2.25. The van der Waals surface area contributed by atoms with Crippen LogP contribution in [0.2, 0.25) is 0 Å². The molecule has 0 saturated heterocycles. The molecule has 0 fully saturated rings. The second-order valence-corrected chi connectivity index (χ2v) is 4.57. The molecule has 0 radical (unpaired) electrons. The highest BCUT2D eigenvalue weighted by Gasteiger charge is 2.11. The van der Waals surface area contributed by atoms with E-state index in [0.717, 1.165) is 14.7 Å². The van der Waals surface area contributed by atoms with Gasteiger partial charge in [-0.05, 0) is 18.2 Å². The molecule has 0 amide bonds. The van der Waals surface area contributed by atoms with E-state index in [9.17, 15) is 4.79 Å². The number of rotatable bonds is 1. The minimum atomic E-state index is -0.387. The predicted molar refractivity (Wildman–Crippen MR) is 58.7 cm³/mol. The van der Waals surface area contributed by atoms with Gasteiger partial charge in [0.2, 0.25) is 5.01 Å². The zero-order valence-electron chi connectivity index (χ0n) is 7.28. The Labute approximate surface area is 92.8 Å². The summed E-state index contributed by atoms with van der Waals surface area (Å²) in [6, 6.07) is 5.69. The zero-order valence-corrected chi connectivity index (χ0v) is 9.68. The van der Waals surface area contributed by atoms with E-state index in [1.165, 1.54) is 18.4 Å². The molecule has 2 aromatic rings. The minimum Gasteiger partial charge on any atom is -0.464 e. The molecule has 14 heavy (non-hydrogen) atoms. The first-order valence-electron chi connectivity index (χ1n) is 3.85. The Kier molecular flexibility index (Phi) is 2.52. The molecule has 0 aliphatic heterocycles. The molecule has 5 heteroatoms. The molecule has 1 heterocycles. The monoisotopic (exact) mass is 271 g/mol. The minimum absolute atomic E-state index is 0.387. The van der Waals surface area contributed by atoms with Crippen LogP contribution in [0.3, 0.4) is 0 Å². The maximum Gasteiger partial charge on any atom is 0.367 e. The molecule has 0 saturated carbocycles. The number of nitrogens with zero attached hydrogens (tertiary/aromatic N) is 1. The van der Waals surface area contributed by atoms with Gasteiger partial charge in [-0.1, -0.05) is 15.9 Å². The molecule has 0 aliphatic carbocycles. The van der Waals surface area contributed by atoms with E-state index in [-0.39, 0.29) is 5.97 Å². The van der Waals surface area contributed by atoms with E-state index in [1.807, 2.05) is 18.2 Å². The van der Waals surface area contributed by atoms with Gasteiger partial charge < -0.3 is 4.74 Å². The van der Waals surface area contributed by atoms with Crippen LogP contribution in [-0.2, 0) is 4.74 Å². The average Bonchev–Trinajstić information content (AvgIpc) is 2.59. The van der Waals surface area contributed by atoms with Crippen LogP contribution in [0.4, 0.5) is 0 Å². The SMILES string of the molecule is COC(=O)c1nc2ccc(Br)cc2s1. The molecule has 0 N–H and O–H groups in total. The summed E-state index contributed by atoms with van der Waals surface area (Å²) in [6.45, 7) is 0.